The first-order valence-electron chi connectivity index (χ1n) is 11.5. The Morgan fingerprint density at radius 3 is 2.39 bits per heavy atom. The van der Waals surface area contributed by atoms with Gasteiger partial charge in [-0.15, -0.1) is 0 Å². The number of hydrogen-bond acceptors (Lipinski definition) is 5. The van der Waals surface area contributed by atoms with E-state index in [9.17, 15) is 18.0 Å². The maximum absolute atomic E-state index is 13.0. The molecule has 2 aliphatic rings. The SMILES string of the molecule is C[C@H](OC(=O)c1ccc(S(=O)(=O)N(C)C2CCCCC2)cc1)C(=O)N1CCc2ccccc21. The molecule has 1 fully saturated rings. The van der Waals surface area contributed by atoms with Crippen LogP contribution in [-0.4, -0.2) is 50.3 Å². The Hall–Kier alpha value is -2.71. The van der Waals surface area contributed by atoms with Crippen molar-refractivity contribution in [2.24, 2.45) is 0 Å². The lowest BCUT2D eigenvalue weighted by molar-refractivity contribution is -0.126. The summed E-state index contributed by atoms with van der Waals surface area (Å²) in [4.78, 5) is 27.2. The van der Waals surface area contributed by atoms with Gasteiger partial charge in [0.25, 0.3) is 5.91 Å². The number of nitrogens with zero attached hydrogens (tertiary/aromatic N) is 2. The molecule has 0 radical (unpaired) electrons. The molecule has 0 N–H and O–H groups in total. The maximum atomic E-state index is 13.0. The number of carbonyl (C=O) groups excluding carboxylic acids is 2. The van der Waals surface area contributed by atoms with E-state index >= 15 is 0 Å². The first-order valence-corrected chi connectivity index (χ1v) is 12.9. The third kappa shape index (κ3) is 4.82. The van der Waals surface area contributed by atoms with Gasteiger partial charge in [-0.25, -0.2) is 13.2 Å². The lowest BCUT2D eigenvalue weighted by Gasteiger charge is -2.30. The molecule has 8 heteroatoms. The quantitative estimate of drug-likeness (QED) is 0.600. The number of benzene rings is 2. The summed E-state index contributed by atoms with van der Waals surface area (Å²) in [5.74, 6) is -0.936. The number of ether oxygens (including phenoxy) is 1. The number of carbonyl (C=O) groups is 2. The zero-order valence-electron chi connectivity index (χ0n) is 19.1. The monoisotopic (exact) mass is 470 g/mol. The van der Waals surface area contributed by atoms with E-state index in [1.807, 2.05) is 24.3 Å². The molecular weight excluding hydrogens is 440 g/mol. The lowest BCUT2D eigenvalue weighted by Crippen LogP contribution is -2.39. The zero-order chi connectivity index (χ0) is 23.6. The predicted molar refractivity (Wildman–Crippen MR) is 126 cm³/mol. The van der Waals surface area contributed by atoms with Gasteiger partial charge in [0.1, 0.15) is 0 Å². The molecule has 1 aliphatic heterocycles. The highest BCUT2D eigenvalue weighted by atomic mass is 32.2. The van der Waals surface area contributed by atoms with Crippen molar-refractivity contribution in [1.29, 1.82) is 0 Å². The number of para-hydroxylation sites is 1. The van der Waals surface area contributed by atoms with Crippen molar-refractivity contribution in [1.82, 2.24) is 4.31 Å². The second kappa shape index (κ2) is 9.65. The second-order valence-corrected chi connectivity index (χ2v) is 10.8. The van der Waals surface area contributed by atoms with Gasteiger partial charge in [-0.3, -0.25) is 4.79 Å². The van der Waals surface area contributed by atoms with Crippen LogP contribution >= 0.6 is 0 Å². The molecule has 0 spiro atoms. The highest BCUT2D eigenvalue weighted by Crippen LogP contribution is 2.29. The van der Waals surface area contributed by atoms with Gasteiger partial charge in [-0.1, -0.05) is 37.5 Å². The van der Waals surface area contributed by atoms with Crippen LogP contribution in [0, 0.1) is 0 Å². The van der Waals surface area contributed by atoms with Crippen LogP contribution in [0.2, 0.25) is 0 Å². The molecule has 1 saturated carbocycles. The van der Waals surface area contributed by atoms with Gasteiger partial charge in [-0.05, 0) is 62.1 Å². The Morgan fingerprint density at radius 2 is 1.70 bits per heavy atom. The molecule has 1 amide bonds. The van der Waals surface area contributed by atoms with Crippen LogP contribution in [0.25, 0.3) is 0 Å². The molecule has 2 aromatic rings. The van der Waals surface area contributed by atoms with Crippen LogP contribution in [0.4, 0.5) is 5.69 Å². The number of amides is 1. The first-order chi connectivity index (χ1) is 15.8. The average Bonchev–Trinajstić information content (AvgIpc) is 3.27. The molecule has 1 heterocycles. The third-order valence-corrected chi connectivity index (χ3v) is 8.56. The molecule has 176 valence electrons. The number of hydrogen-bond donors (Lipinski definition) is 0. The summed E-state index contributed by atoms with van der Waals surface area (Å²) in [6.07, 6.45) is 4.77. The van der Waals surface area contributed by atoms with Crippen LogP contribution in [0.3, 0.4) is 0 Å². The van der Waals surface area contributed by atoms with Crippen LogP contribution in [0.1, 0.15) is 54.9 Å². The topological polar surface area (TPSA) is 84.0 Å². The van der Waals surface area contributed by atoms with Crippen LogP contribution in [-0.2, 0) is 26.0 Å². The smallest absolute Gasteiger partial charge is 0.338 e. The minimum atomic E-state index is -3.64. The fourth-order valence-electron chi connectivity index (χ4n) is 4.64. The Balaban J connectivity index is 1.40. The van der Waals surface area contributed by atoms with Gasteiger partial charge >= 0.3 is 5.97 Å². The number of sulfonamides is 1. The number of anilines is 1. The van der Waals surface area contributed by atoms with Crippen molar-refractivity contribution < 1.29 is 22.7 Å². The molecule has 0 aromatic heterocycles. The number of esters is 1. The summed E-state index contributed by atoms with van der Waals surface area (Å²) in [6.45, 7) is 2.11. The molecule has 4 rings (SSSR count). The Kier molecular flexibility index (Phi) is 6.86. The molecule has 2 aromatic carbocycles. The highest BCUT2D eigenvalue weighted by molar-refractivity contribution is 7.89. The van der Waals surface area contributed by atoms with Crippen molar-refractivity contribution in [3.63, 3.8) is 0 Å². The summed E-state index contributed by atoms with van der Waals surface area (Å²) >= 11 is 0. The zero-order valence-corrected chi connectivity index (χ0v) is 19.9. The number of fused-ring (bicyclic) bond motifs is 1. The standard InChI is InChI=1S/C25H30N2O5S/c1-18(24(28)27-17-16-19-8-6-7-11-23(19)27)32-25(29)20-12-14-22(15-13-20)33(30,31)26(2)21-9-4-3-5-10-21/h6-8,11-15,18,21H,3-5,9-10,16-17H2,1-2H3/t18-/m0/s1. The summed E-state index contributed by atoms with van der Waals surface area (Å²) in [6, 6.07) is 13.4. The van der Waals surface area contributed by atoms with Crippen molar-refractivity contribution in [3.05, 3.63) is 59.7 Å². The van der Waals surface area contributed by atoms with E-state index in [4.69, 9.17) is 4.74 Å². The third-order valence-electron chi connectivity index (χ3n) is 6.64. The van der Waals surface area contributed by atoms with Crippen LogP contribution in [0.15, 0.2) is 53.4 Å². The molecule has 1 atom stereocenters. The van der Waals surface area contributed by atoms with E-state index < -0.39 is 22.1 Å². The minimum Gasteiger partial charge on any atom is -0.449 e. The van der Waals surface area contributed by atoms with E-state index in [1.165, 1.54) is 28.6 Å². The molecule has 7 nitrogen and oxygen atoms in total. The summed E-state index contributed by atoms with van der Waals surface area (Å²) in [5.41, 5.74) is 2.15. The van der Waals surface area contributed by atoms with Gasteiger partial charge < -0.3 is 9.64 Å². The highest BCUT2D eigenvalue weighted by Gasteiger charge is 2.31. The largest absolute Gasteiger partial charge is 0.449 e. The molecule has 0 unspecified atom stereocenters. The van der Waals surface area contributed by atoms with E-state index in [0.29, 0.717) is 6.54 Å². The van der Waals surface area contributed by atoms with E-state index in [1.54, 1.807) is 18.9 Å². The number of rotatable bonds is 6. The van der Waals surface area contributed by atoms with E-state index in [2.05, 4.69) is 0 Å². The van der Waals surface area contributed by atoms with Crippen molar-refractivity contribution in [2.75, 3.05) is 18.5 Å². The molecule has 33 heavy (non-hydrogen) atoms. The van der Waals surface area contributed by atoms with Crippen molar-refractivity contribution >= 4 is 27.6 Å². The van der Waals surface area contributed by atoms with Gasteiger partial charge in [-0.2, -0.15) is 4.31 Å². The van der Waals surface area contributed by atoms with Gasteiger partial charge in [0.15, 0.2) is 6.10 Å². The first kappa shape index (κ1) is 23.4. The average molecular weight is 471 g/mol. The summed E-state index contributed by atoms with van der Waals surface area (Å²) in [7, 11) is -2.01. The Morgan fingerprint density at radius 1 is 1.03 bits per heavy atom. The molecular formula is C25H30N2O5S. The summed E-state index contributed by atoms with van der Waals surface area (Å²) < 4.78 is 32.8. The lowest BCUT2D eigenvalue weighted by atomic mass is 9.96. The fraction of sp³-hybridized carbons (Fsp3) is 0.440. The second-order valence-electron chi connectivity index (χ2n) is 8.75. The predicted octanol–water partition coefficient (Wildman–Crippen LogP) is 3.77. The molecule has 0 bridgehead atoms. The van der Waals surface area contributed by atoms with E-state index in [0.717, 1.165) is 49.8 Å². The Bertz CT molecular complexity index is 1120. The summed E-state index contributed by atoms with van der Waals surface area (Å²) in [5, 5.41) is 0. The van der Waals surface area contributed by atoms with Crippen LogP contribution in [0.5, 0.6) is 0 Å². The Labute approximate surface area is 195 Å². The van der Waals surface area contributed by atoms with E-state index in [-0.39, 0.29) is 22.4 Å². The van der Waals surface area contributed by atoms with Gasteiger partial charge in [0.05, 0.1) is 10.5 Å². The maximum Gasteiger partial charge on any atom is 0.338 e. The normalized spacial score (nSPS) is 17.6. The molecule has 1 aliphatic carbocycles. The van der Waals surface area contributed by atoms with Crippen molar-refractivity contribution in [2.45, 2.75) is 62.5 Å². The van der Waals surface area contributed by atoms with Gasteiger partial charge in [0, 0.05) is 25.3 Å². The fourth-order valence-corrected chi connectivity index (χ4v) is 6.05. The van der Waals surface area contributed by atoms with Crippen LogP contribution < -0.4 is 4.90 Å². The van der Waals surface area contributed by atoms with Gasteiger partial charge in [0.2, 0.25) is 10.0 Å². The minimum absolute atomic E-state index is 0.0102. The molecule has 0 saturated heterocycles. The van der Waals surface area contributed by atoms with Crippen molar-refractivity contribution in [3.8, 4) is 0 Å².